The fourth-order valence-corrected chi connectivity index (χ4v) is 6.02. The average Bonchev–Trinajstić information content (AvgIpc) is 3.01. The molecule has 5 aromatic carbocycles. The number of rotatable bonds is 9. The van der Waals surface area contributed by atoms with E-state index >= 15 is 0 Å². The highest BCUT2D eigenvalue weighted by atomic mass is 35.5. The van der Waals surface area contributed by atoms with Crippen LogP contribution >= 0.6 is 69.6 Å². The zero-order valence-electron chi connectivity index (χ0n) is 23.6. The van der Waals surface area contributed by atoms with Crippen LogP contribution in [0.3, 0.4) is 0 Å². The fraction of sp³-hybridized carbons (Fsp3) is 0.0286. The Bertz CT molecular complexity index is 2050. The molecule has 47 heavy (non-hydrogen) atoms. The Balaban J connectivity index is 1.59. The van der Waals surface area contributed by atoms with Gasteiger partial charge in [-0.3, -0.25) is 9.59 Å². The normalized spacial score (nSPS) is 11.4. The van der Waals surface area contributed by atoms with Crippen LogP contribution in [0.4, 0.5) is 0 Å². The molecule has 0 radical (unpaired) electrons. The second-order valence-electron chi connectivity index (χ2n) is 9.88. The van der Waals surface area contributed by atoms with E-state index in [2.05, 4.69) is 0 Å². The zero-order valence-corrected chi connectivity index (χ0v) is 28.1. The van der Waals surface area contributed by atoms with Crippen LogP contribution < -0.4 is 9.47 Å². The molecule has 0 bridgehead atoms. The monoisotopic (exact) mass is 744 g/mol. The van der Waals surface area contributed by atoms with Gasteiger partial charge in [-0.15, -0.1) is 0 Å². The summed E-state index contributed by atoms with van der Waals surface area (Å²) < 4.78 is 11.2. The standard InChI is InChI=1S/C35H18Cl6O6/c36-19-6-10-23(27(39)14-19)32(42)31(18-4-2-1-3-5-18)33(43)26-13-9-22(46-34(44)24-11-7-20(37)15-28(24)40)17-30(26)47-35(45)25-12-8-21(38)16-29(25)41/h1-17,31H/t31-/m0/s1. The van der Waals surface area contributed by atoms with E-state index in [1.54, 1.807) is 30.3 Å². The molecule has 0 aliphatic rings. The lowest BCUT2D eigenvalue weighted by molar-refractivity contribution is 0.0732. The number of carbonyl (C=O) groups excluding carboxylic acids is 4. The van der Waals surface area contributed by atoms with Crippen LogP contribution in [-0.2, 0) is 0 Å². The Morgan fingerprint density at radius 2 is 0.915 bits per heavy atom. The average molecular weight is 747 g/mol. The topological polar surface area (TPSA) is 86.7 Å². The third kappa shape index (κ3) is 7.99. The van der Waals surface area contributed by atoms with Crippen molar-refractivity contribution in [2.45, 2.75) is 5.92 Å². The minimum atomic E-state index is -1.42. The number of ketones is 2. The molecule has 5 aromatic rings. The predicted octanol–water partition coefficient (Wildman–Crippen LogP) is 10.9. The van der Waals surface area contributed by atoms with Crippen LogP contribution in [0.25, 0.3) is 0 Å². The maximum absolute atomic E-state index is 14.4. The Morgan fingerprint density at radius 3 is 1.43 bits per heavy atom. The second kappa shape index (κ2) is 14.9. The summed E-state index contributed by atoms with van der Waals surface area (Å²) in [5.74, 6) is -5.02. The van der Waals surface area contributed by atoms with Gasteiger partial charge < -0.3 is 9.47 Å². The predicted molar refractivity (Wildman–Crippen MR) is 184 cm³/mol. The van der Waals surface area contributed by atoms with Crippen LogP contribution in [0, 0.1) is 0 Å². The molecule has 0 unspecified atom stereocenters. The van der Waals surface area contributed by atoms with Gasteiger partial charge >= 0.3 is 11.9 Å². The van der Waals surface area contributed by atoms with Gasteiger partial charge in [-0.1, -0.05) is 99.9 Å². The van der Waals surface area contributed by atoms with E-state index in [0.717, 1.165) is 0 Å². The number of ether oxygens (including phenoxy) is 2. The number of hydrogen-bond acceptors (Lipinski definition) is 6. The Labute approximate surface area is 298 Å². The van der Waals surface area contributed by atoms with Gasteiger partial charge in [-0.25, -0.2) is 9.59 Å². The first kappa shape index (κ1) is 34.5. The lowest BCUT2D eigenvalue weighted by Crippen LogP contribution is -2.24. The van der Waals surface area contributed by atoms with E-state index in [-0.39, 0.29) is 53.8 Å². The molecule has 0 aliphatic heterocycles. The molecule has 0 aliphatic carbocycles. The summed E-state index contributed by atoms with van der Waals surface area (Å²) in [5.41, 5.74) is 0.167. The third-order valence-corrected chi connectivity index (χ3v) is 8.43. The molecule has 0 amide bonds. The Kier molecular flexibility index (Phi) is 10.9. The zero-order chi connectivity index (χ0) is 33.8. The molecular formula is C35H18Cl6O6. The van der Waals surface area contributed by atoms with Crippen LogP contribution in [0.5, 0.6) is 11.5 Å². The number of esters is 2. The van der Waals surface area contributed by atoms with E-state index in [1.807, 2.05) is 0 Å². The number of halogens is 6. The van der Waals surface area contributed by atoms with Crippen molar-refractivity contribution in [1.29, 1.82) is 0 Å². The number of hydrogen-bond donors (Lipinski definition) is 0. The smallest absolute Gasteiger partial charge is 0.345 e. The molecule has 5 rings (SSSR count). The van der Waals surface area contributed by atoms with Crippen LogP contribution in [0.1, 0.15) is 52.9 Å². The summed E-state index contributed by atoms with van der Waals surface area (Å²) in [5, 5.41) is 0.972. The summed E-state index contributed by atoms with van der Waals surface area (Å²) in [6.45, 7) is 0. The van der Waals surface area contributed by atoms with Crippen molar-refractivity contribution in [1.82, 2.24) is 0 Å². The van der Waals surface area contributed by atoms with Gasteiger partial charge in [0.05, 0.1) is 31.8 Å². The first-order valence-corrected chi connectivity index (χ1v) is 15.8. The van der Waals surface area contributed by atoms with Gasteiger partial charge in [-0.05, 0) is 72.3 Å². The maximum Gasteiger partial charge on any atom is 0.345 e. The van der Waals surface area contributed by atoms with Crippen LogP contribution in [-0.4, -0.2) is 23.5 Å². The van der Waals surface area contributed by atoms with Crippen molar-refractivity contribution < 1.29 is 28.7 Å². The quantitative estimate of drug-likeness (QED) is 0.0646. The van der Waals surface area contributed by atoms with Gasteiger partial charge in [0, 0.05) is 26.7 Å². The lowest BCUT2D eigenvalue weighted by atomic mass is 9.84. The van der Waals surface area contributed by atoms with Crippen molar-refractivity contribution in [3.63, 3.8) is 0 Å². The SMILES string of the molecule is O=C(Oc1ccc(C(=O)[C@H](C(=O)c2ccc(Cl)cc2Cl)c2ccccc2)c(OC(=O)c2ccc(Cl)cc2Cl)c1)c1ccc(Cl)cc1Cl. The van der Waals surface area contributed by atoms with Crippen molar-refractivity contribution in [2.24, 2.45) is 0 Å². The molecule has 6 nitrogen and oxygen atoms in total. The minimum Gasteiger partial charge on any atom is -0.423 e. The largest absolute Gasteiger partial charge is 0.423 e. The highest BCUT2D eigenvalue weighted by molar-refractivity contribution is 6.38. The molecule has 0 fully saturated rings. The van der Waals surface area contributed by atoms with E-state index in [9.17, 15) is 19.2 Å². The Morgan fingerprint density at radius 1 is 0.468 bits per heavy atom. The molecule has 236 valence electrons. The van der Waals surface area contributed by atoms with E-state index in [4.69, 9.17) is 79.1 Å². The van der Waals surface area contributed by atoms with Crippen LogP contribution in [0.15, 0.2) is 103 Å². The third-order valence-electron chi connectivity index (χ3n) is 6.79. The molecular weight excluding hydrogens is 729 g/mol. The van der Waals surface area contributed by atoms with E-state index < -0.39 is 29.4 Å². The summed E-state index contributed by atoms with van der Waals surface area (Å²) in [7, 11) is 0. The molecule has 12 heteroatoms. The van der Waals surface area contributed by atoms with Crippen molar-refractivity contribution >= 4 is 93.1 Å². The van der Waals surface area contributed by atoms with Gasteiger partial charge in [0.1, 0.15) is 17.4 Å². The summed E-state index contributed by atoms with van der Waals surface area (Å²) in [4.78, 5) is 54.6. The molecule has 0 saturated carbocycles. The summed E-state index contributed by atoms with van der Waals surface area (Å²) in [6, 6.07) is 24.7. The molecule has 0 N–H and O–H groups in total. The van der Waals surface area contributed by atoms with Gasteiger partial charge in [0.15, 0.2) is 11.6 Å². The molecule has 0 saturated heterocycles. The van der Waals surface area contributed by atoms with Gasteiger partial charge in [0.2, 0.25) is 0 Å². The summed E-state index contributed by atoms with van der Waals surface area (Å²) in [6.07, 6.45) is 0. The van der Waals surface area contributed by atoms with Crippen molar-refractivity contribution in [3.05, 3.63) is 161 Å². The molecule has 0 heterocycles. The van der Waals surface area contributed by atoms with Gasteiger partial charge in [-0.2, -0.15) is 0 Å². The number of benzene rings is 5. The summed E-state index contributed by atoms with van der Waals surface area (Å²) >= 11 is 36.8. The minimum absolute atomic E-state index is 0.00920. The molecule has 0 spiro atoms. The number of carbonyl (C=O) groups is 4. The highest BCUT2D eigenvalue weighted by Crippen LogP contribution is 2.35. The van der Waals surface area contributed by atoms with Gasteiger partial charge in [0.25, 0.3) is 0 Å². The van der Waals surface area contributed by atoms with Crippen LogP contribution in [0.2, 0.25) is 30.1 Å². The Hall–Kier alpha value is -3.88. The molecule has 1 atom stereocenters. The fourth-order valence-electron chi connectivity index (χ4n) is 4.55. The highest BCUT2D eigenvalue weighted by Gasteiger charge is 2.34. The lowest BCUT2D eigenvalue weighted by Gasteiger charge is -2.19. The van der Waals surface area contributed by atoms with E-state index in [1.165, 1.54) is 72.8 Å². The molecule has 0 aromatic heterocycles. The van der Waals surface area contributed by atoms with Crippen molar-refractivity contribution in [2.75, 3.05) is 0 Å². The first-order valence-electron chi connectivity index (χ1n) is 13.5. The first-order chi connectivity index (χ1) is 22.4. The maximum atomic E-state index is 14.4. The van der Waals surface area contributed by atoms with E-state index in [0.29, 0.717) is 15.6 Å². The van der Waals surface area contributed by atoms with Crippen molar-refractivity contribution in [3.8, 4) is 11.5 Å². The second-order valence-corrected chi connectivity index (χ2v) is 12.4. The number of Topliss-reactive ketones (excluding diaryl/α,β-unsaturated/α-hetero) is 2.